The van der Waals surface area contributed by atoms with Crippen molar-refractivity contribution in [2.45, 2.75) is 25.3 Å². The van der Waals surface area contributed by atoms with Gasteiger partial charge in [-0.3, -0.25) is 4.79 Å². The first kappa shape index (κ1) is 14.0. The Kier molecular flexibility index (Phi) is 3.58. The molecule has 1 aromatic carbocycles. The van der Waals surface area contributed by atoms with E-state index in [4.69, 9.17) is 0 Å². The number of nitrogens with zero attached hydrogens (tertiary/aromatic N) is 5. The Hall–Kier alpha value is -2.61. The van der Waals surface area contributed by atoms with Crippen LogP contribution in [0.25, 0.3) is 5.69 Å². The Labute approximate surface area is 136 Å². The van der Waals surface area contributed by atoms with Crippen molar-refractivity contribution in [3.8, 4) is 5.69 Å². The molecule has 0 saturated heterocycles. The lowest BCUT2D eigenvalue weighted by atomic mass is 10.3. The first-order valence-electron chi connectivity index (χ1n) is 7.38. The number of hydrogen-bond acceptors (Lipinski definition) is 6. The standard InChI is InChI=1S/C15H14N6OS/c22-13(15-19-18-14(23-15)10-6-7-10)16-8-12-9-17-20-21(12)11-4-2-1-3-5-11/h1-5,9-10H,6-8H2,(H,16,22). The van der Waals surface area contributed by atoms with Crippen molar-refractivity contribution < 1.29 is 4.79 Å². The molecule has 0 bridgehead atoms. The quantitative estimate of drug-likeness (QED) is 0.774. The van der Waals surface area contributed by atoms with E-state index in [9.17, 15) is 4.79 Å². The summed E-state index contributed by atoms with van der Waals surface area (Å²) in [5.74, 6) is 0.299. The Balaban J connectivity index is 1.44. The maximum absolute atomic E-state index is 12.2. The lowest BCUT2D eigenvalue weighted by Gasteiger charge is -2.06. The van der Waals surface area contributed by atoms with E-state index in [-0.39, 0.29) is 5.91 Å². The topological polar surface area (TPSA) is 85.6 Å². The van der Waals surface area contributed by atoms with Gasteiger partial charge < -0.3 is 5.32 Å². The molecule has 7 nitrogen and oxygen atoms in total. The van der Waals surface area contributed by atoms with Gasteiger partial charge in [0.15, 0.2) is 0 Å². The van der Waals surface area contributed by atoms with Crippen LogP contribution in [0, 0.1) is 0 Å². The number of carbonyl (C=O) groups excluding carboxylic acids is 1. The molecular weight excluding hydrogens is 312 g/mol. The molecule has 1 aliphatic rings. The molecule has 23 heavy (non-hydrogen) atoms. The molecule has 2 heterocycles. The summed E-state index contributed by atoms with van der Waals surface area (Å²) in [6, 6.07) is 9.67. The summed E-state index contributed by atoms with van der Waals surface area (Å²) in [7, 11) is 0. The predicted molar refractivity (Wildman–Crippen MR) is 84.4 cm³/mol. The Morgan fingerprint density at radius 2 is 2.09 bits per heavy atom. The molecule has 1 amide bonds. The Morgan fingerprint density at radius 1 is 1.26 bits per heavy atom. The summed E-state index contributed by atoms with van der Waals surface area (Å²) in [4.78, 5) is 12.2. The van der Waals surface area contributed by atoms with Crippen LogP contribution in [0.2, 0.25) is 0 Å². The minimum Gasteiger partial charge on any atom is -0.344 e. The highest BCUT2D eigenvalue weighted by Crippen LogP contribution is 2.41. The average molecular weight is 326 g/mol. The maximum Gasteiger partial charge on any atom is 0.282 e. The number of rotatable bonds is 5. The smallest absolute Gasteiger partial charge is 0.282 e. The van der Waals surface area contributed by atoms with Crippen LogP contribution < -0.4 is 5.32 Å². The zero-order chi connectivity index (χ0) is 15.6. The van der Waals surface area contributed by atoms with Gasteiger partial charge in [-0.2, -0.15) is 0 Å². The van der Waals surface area contributed by atoms with Gasteiger partial charge in [-0.15, -0.1) is 15.3 Å². The van der Waals surface area contributed by atoms with E-state index in [0.717, 1.165) is 29.2 Å². The normalized spacial score (nSPS) is 13.9. The molecule has 0 atom stereocenters. The van der Waals surface area contributed by atoms with Crippen LogP contribution in [0.4, 0.5) is 0 Å². The number of benzene rings is 1. The molecule has 2 aromatic heterocycles. The molecule has 1 N–H and O–H groups in total. The summed E-state index contributed by atoms with van der Waals surface area (Å²) >= 11 is 1.38. The second-order valence-electron chi connectivity index (χ2n) is 5.38. The zero-order valence-corrected chi connectivity index (χ0v) is 13.0. The third-order valence-electron chi connectivity index (χ3n) is 3.61. The van der Waals surface area contributed by atoms with Gasteiger partial charge in [-0.1, -0.05) is 34.7 Å². The first-order chi connectivity index (χ1) is 11.3. The highest BCUT2D eigenvalue weighted by molar-refractivity contribution is 7.13. The van der Waals surface area contributed by atoms with Gasteiger partial charge in [-0.25, -0.2) is 4.68 Å². The first-order valence-corrected chi connectivity index (χ1v) is 8.19. The minimum atomic E-state index is -0.213. The van der Waals surface area contributed by atoms with Crippen molar-refractivity contribution in [1.82, 2.24) is 30.5 Å². The maximum atomic E-state index is 12.2. The number of hydrogen-bond donors (Lipinski definition) is 1. The average Bonchev–Trinajstić information content (AvgIpc) is 3.14. The Morgan fingerprint density at radius 3 is 2.87 bits per heavy atom. The van der Waals surface area contributed by atoms with Crippen LogP contribution in [-0.2, 0) is 6.54 Å². The number of nitrogens with one attached hydrogen (secondary N) is 1. The van der Waals surface area contributed by atoms with E-state index >= 15 is 0 Å². The molecule has 116 valence electrons. The molecule has 1 aliphatic carbocycles. The van der Waals surface area contributed by atoms with Crippen LogP contribution in [0.15, 0.2) is 36.5 Å². The Bertz CT molecular complexity index is 823. The number of amides is 1. The molecule has 3 aromatic rings. The van der Waals surface area contributed by atoms with Gasteiger partial charge in [0.1, 0.15) is 5.01 Å². The van der Waals surface area contributed by atoms with Crippen molar-refractivity contribution in [2.24, 2.45) is 0 Å². The summed E-state index contributed by atoms with van der Waals surface area (Å²) < 4.78 is 1.70. The number of carbonyl (C=O) groups is 1. The summed E-state index contributed by atoms with van der Waals surface area (Å²) in [6.45, 7) is 0.332. The van der Waals surface area contributed by atoms with E-state index < -0.39 is 0 Å². The van der Waals surface area contributed by atoms with E-state index in [1.54, 1.807) is 10.9 Å². The molecule has 0 aliphatic heterocycles. The molecular formula is C15H14N6OS. The molecule has 0 unspecified atom stereocenters. The summed E-state index contributed by atoms with van der Waals surface area (Å²) in [5, 5.41) is 20.3. The fraction of sp³-hybridized carbons (Fsp3) is 0.267. The molecule has 0 radical (unpaired) electrons. The van der Waals surface area contributed by atoms with Crippen LogP contribution >= 0.6 is 11.3 Å². The van der Waals surface area contributed by atoms with Crippen LogP contribution in [-0.4, -0.2) is 31.1 Å². The highest BCUT2D eigenvalue weighted by Gasteiger charge is 2.28. The SMILES string of the molecule is O=C(NCc1cnnn1-c1ccccc1)c1nnc(C2CC2)s1. The van der Waals surface area contributed by atoms with Crippen molar-refractivity contribution >= 4 is 17.2 Å². The van der Waals surface area contributed by atoms with Gasteiger partial charge in [-0.05, 0) is 25.0 Å². The van der Waals surface area contributed by atoms with Crippen molar-refractivity contribution in [2.75, 3.05) is 0 Å². The third kappa shape index (κ3) is 2.98. The lowest BCUT2D eigenvalue weighted by Crippen LogP contribution is -2.24. The zero-order valence-electron chi connectivity index (χ0n) is 12.2. The molecule has 1 fully saturated rings. The summed E-state index contributed by atoms with van der Waals surface area (Å²) in [6.07, 6.45) is 3.94. The van der Waals surface area contributed by atoms with E-state index in [1.807, 2.05) is 30.3 Å². The van der Waals surface area contributed by atoms with Crippen molar-refractivity contribution in [1.29, 1.82) is 0 Å². The van der Waals surface area contributed by atoms with E-state index in [2.05, 4.69) is 25.8 Å². The van der Waals surface area contributed by atoms with Gasteiger partial charge in [0.2, 0.25) is 5.01 Å². The second kappa shape index (κ2) is 5.88. The van der Waals surface area contributed by atoms with Gasteiger partial charge in [0.25, 0.3) is 5.91 Å². The van der Waals surface area contributed by atoms with E-state index in [0.29, 0.717) is 17.5 Å². The number of aromatic nitrogens is 5. The molecule has 8 heteroatoms. The molecule has 4 rings (SSSR count). The fourth-order valence-electron chi connectivity index (χ4n) is 2.23. The van der Waals surface area contributed by atoms with Crippen molar-refractivity contribution in [3.63, 3.8) is 0 Å². The van der Waals surface area contributed by atoms with Crippen LogP contribution in [0.5, 0.6) is 0 Å². The van der Waals surface area contributed by atoms with Crippen LogP contribution in [0.3, 0.4) is 0 Å². The highest BCUT2D eigenvalue weighted by atomic mass is 32.1. The molecule has 0 spiro atoms. The van der Waals surface area contributed by atoms with Crippen LogP contribution in [0.1, 0.15) is 39.3 Å². The molecule has 1 saturated carbocycles. The van der Waals surface area contributed by atoms with Gasteiger partial charge in [0.05, 0.1) is 24.1 Å². The lowest BCUT2D eigenvalue weighted by molar-refractivity contribution is 0.0949. The minimum absolute atomic E-state index is 0.213. The summed E-state index contributed by atoms with van der Waals surface area (Å²) in [5.41, 5.74) is 1.71. The third-order valence-corrected chi connectivity index (χ3v) is 4.70. The largest absolute Gasteiger partial charge is 0.344 e. The van der Waals surface area contributed by atoms with Gasteiger partial charge >= 0.3 is 0 Å². The van der Waals surface area contributed by atoms with E-state index in [1.165, 1.54) is 11.3 Å². The van der Waals surface area contributed by atoms with Crippen molar-refractivity contribution in [3.05, 3.63) is 52.2 Å². The predicted octanol–water partition coefficient (Wildman–Crippen LogP) is 1.93. The number of para-hydroxylation sites is 1. The van der Waals surface area contributed by atoms with Gasteiger partial charge in [0, 0.05) is 5.92 Å². The monoisotopic (exact) mass is 326 g/mol. The second-order valence-corrected chi connectivity index (χ2v) is 6.38. The fourth-order valence-corrected chi connectivity index (χ4v) is 3.16.